The summed E-state index contributed by atoms with van der Waals surface area (Å²) in [5, 5.41) is 11.2. The normalized spacial score (nSPS) is 15.3. The second-order valence-corrected chi connectivity index (χ2v) is 5.89. The van der Waals surface area contributed by atoms with Crippen molar-refractivity contribution in [1.82, 2.24) is 4.90 Å². The molecule has 0 aliphatic carbocycles. The molecule has 8 heteroatoms. The molecule has 1 amide bonds. The fraction of sp³-hybridized carbons (Fsp3) is 0.533. The van der Waals surface area contributed by atoms with Crippen LogP contribution in [0.4, 0.5) is 15.8 Å². The van der Waals surface area contributed by atoms with Crippen LogP contribution in [-0.2, 0) is 4.79 Å². The van der Waals surface area contributed by atoms with Gasteiger partial charge in [0.05, 0.1) is 18.6 Å². The quantitative estimate of drug-likeness (QED) is 0.612. The Morgan fingerprint density at radius 3 is 2.61 bits per heavy atom. The lowest BCUT2D eigenvalue weighted by Gasteiger charge is -2.36. The average Bonchev–Trinajstić information content (AvgIpc) is 2.47. The van der Waals surface area contributed by atoms with Crippen molar-refractivity contribution in [3.8, 4) is 5.75 Å². The van der Waals surface area contributed by atoms with Crippen molar-refractivity contribution in [3.05, 3.63) is 28.1 Å². The topological polar surface area (TPSA) is 75.9 Å². The van der Waals surface area contributed by atoms with Crippen LogP contribution in [0.1, 0.15) is 13.8 Å². The Balaban J connectivity index is 2.30. The first-order chi connectivity index (χ1) is 10.8. The Hall–Kier alpha value is -2.38. The molecule has 0 unspecified atom stereocenters. The summed E-state index contributed by atoms with van der Waals surface area (Å²) in [6.07, 6.45) is 0. The minimum atomic E-state index is -0.971. The molecule has 7 nitrogen and oxygen atoms in total. The van der Waals surface area contributed by atoms with E-state index in [1.54, 1.807) is 4.90 Å². The first-order valence-corrected chi connectivity index (χ1v) is 7.38. The van der Waals surface area contributed by atoms with Crippen LogP contribution in [-0.4, -0.2) is 49.0 Å². The van der Waals surface area contributed by atoms with Gasteiger partial charge in [0.15, 0.2) is 0 Å². The van der Waals surface area contributed by atoms with Gasteiger partial charge >= 0.3 is 5.69 Å². The van der Waals surface area contributed by atoms with E-state index in [-0.39, 0.29) is 23.9 Å². The number of benzene rings is 1. The van der Waals surface area contributed by atoms with Gasteiger partial charge < -0.3 is 14.5 Å². The lowest BCUT2D eigenvalue weighted by molar-refractivity contribution is -0.386. The maximum atomic E-state index is 14.0. The van der Waals surface area contributed by atoms with Gasteiger partial charge in [-0.25, -0.2) is 0 Å². The number of nitro benzene ring substituents is 1. The smallest absolute Gasteiger partial charge is 0.328 e. The zero-order valence-corrected chi connectivity index (χ0v) is 13.4. The Bertz CT molecular complexity index is 621. The van der Waals surface area contributed by atoms with Gasteiger partial charge in [-0.1, -0.05) is 13.8 Å². The number of rotatable bonds is 5. The van der Waals surface area contributed by atoms with Crippen LogP contribution in [0.5, 0.6) is 5.75 Å². The van der Waals surface area contributed by atoms with Crippen molar-refractivity contribution in [3.63, 3.8) is 0 Å². The zero-order valence-electron chi connectivity index (χ0n) is 13.4. The Kier molecular flexibility index (Phi) is 5.02. The summed E-state index contributed by atoms with van der Waals surface area (Å²) >= 11 is 0. The molecule has 0 atom stereocenters. The monoisotopic (exact) mass is 325 g/mol. The highest BCUT2D eigenvalue weighted by Crippen LogP contribution is 2.35. The van der Waals surface area contributed by atoms with Gasteiger partial charge in [-0.2, -0.15) is 4.39 Å². The number of nitro groups is 1. The summed E-state index contributed by atoms with van der Waals surface area (Å²) in [4.78, 5) is 25.9. The van der Waals surface area contributed by atoms with E-state index in [4.69, 9.17) is 4.74 Å². The van der Waals surface area contributed by atoms with Crippen molar-refractivity contribution >= 4 is 17.3 Å². The SMILES string of the molecule is COc1cc(F)c([N+](=O)[O-])c(N2CCN(CC(C)C)C(=O)C2)c1. The largest absolute Gasteiger partial charge is 0.497 e. The fourth-order valence-corrected chi connectivity index (χ4v) is 2.65. The predicted molar refractivity (Wildman–Crippen MR) is 83.2 cm³/mol. The lowest BCUT2D eigenvalue weighted by Crippen LogP contribution is -2.51. The third-order valence-electron chi connectivity index (χ3n) is 3.68. The summed E-state index contributed by atoms with van der Waals surface area (Å²) in [5.74, 6) is -0.571. The number of anilines is 1. The van der Waals surface area contributed by atoms with E-state index in [2.05, 4.69) is 0 Å². The predicted octanol–water partition coefficient (Wildman–Crippen LogP) is 2.05. The van der Waals surface area contributed by atoms with Crippen molar-refractivity contribution in [2.24, 2.45) is 5.92 Å². The molecule has 0 aromatic heterocycles. The van der Waals surface area contributed by atoms with Crippen LogP contribution in [0.3, 0.4) is 0 Å². The van der Waals surface area contributed by atoms with Crippen molar-refractivity contribution in [2.75, 3.05) is 38.2 Å². The minimum Gasteiger partial charge on any atom is -0.497 e. The molecule has 1 heterocycles. The van der Waals surface area contributed by atoms with Gasteiger partial charge in [0.1, 0.15) is 11.4 Å². The molecule has 1 saturated heterocycles. The maximum Gasteiger partial charge on any atom is 0.328 e. The van der Waals surface area contributed by atoms with Crippen molar-refractivity contribution in [1.29, 1.82) is 0 Å². The van der Waals surface area contributed by atoms with Crippen LogP contribution >= 0.6 is 0 Å². The number of hydrogen-bond acceptors (Lipinski definition) is 5. The van der Waals surface area contributed by atoms with Gasteiger partial charge in [-0.05, 0) is 5.92 Å². The number of piperazine rings is 1. The molecule has 1 aromatic rings. The van der Waals surface area contributed by atoms with Gasteiger partial charge in [-0.3, -0.25) is 14.9 Å². The molecule has 0 bridgehead atoms. The number of ether oxygens (including phenoxy) is 1. The summed E-state index contributed by atoms with van der Waals surface area (Å²) < 4.78 is 19.0. The summed E-state index contributed by atoms with van der Waals surface area (Å²) in [6, 6.07) is 2.37. The lowest BCUT2D eigenvalue weighted by atomic mass is 10.1. The molecule has 0 N–H and O–H groups in total. The summed E-state index contributed by atoms with van der Waals surface area (Å²) in [5.41, 5.74) is -0.555. The molecule has 0 spiro atoms. The van der Waals surface area contributed by atoms with Crippen molar-refractivity contribution in [2.45, 2.75) is 13.8 Å². The van der Waals surface area contributed by atoms with Crippen LogP contribution in [0.15, 0.2) is 12.1 Å². The number of nitrogens with zero attached hydrogens (tertiary/aromatic N) is 3. The van der Waals surface area contributed by atoms with Gasteiger partial charge in [0, 0.05) is 31.8 Å². The van der Waals surface area contributed by atoms with Gasteiger partial charge in [0.2, 0.25) is 11.7 Å². The molecule has 126 valence electrons. The zero-order chi connectivity index (χ0) is 17.1. The molecule has 0 saturated carbocycles. The Morgan fingerprint density at radius 2 is 2.09 bits per heavy atom. The highest BCUT2D eigenvalue weighted by Gasteiger charge is 2.31. The maximum absolute atomic E-state index is 14.0. The molecular weight excluding hydrogens is 305 g/mol. The third kappa shape index (κ3) is 3.69. The first-order valence-electron chi connectivity index (χ1n) is 7.38. The minimum absolute atomic E-state index is 0.0137. The van der Waals surface area contributed by atoms with E-state index < -0.39 is 16.4 Å². The number of amides is 1. The molecular formula is C15H20FN3O4. The van der Waals surface area contributed by atoms with Crippen LogP contribution in [0.2, 0.25) is 0 Å². The molecule has 0 radical (unpaired) electrons. The van der Waals surface area contributed by atoms with E-state index >= 15 is 0 Å². The van der Waals surface area contributed by atoms with E-state index in [1.165, 1.54) is 18.1 Å². The molecule has 1 aromatic carbocycles. The molecule has 1 aliphatic rings. The fourth-order valence-electron chi connectivity index (χ4n) is 2.65. The Morgan fingerprint density at radius 1 is 1.39 bits per heavy atom. The third-order valence-corrected chi connectivity index (χ3v) is 3.68. The number of hydrogen-bond donors (Lipinski definition) is 0. The second kappa shape index (κ2) is 6.80. The van der Waals surface area contributed by atoms with Gasteiger partial charge in [-0.15, -0.1) is 0 Å². The summed E-state index contributed by atoms with van der Waals surface area (Å²) in [6.45, 7) is 5.52. The van der Waals surface area contributed by atoms with E-state index in [0.717, 1.165) is 6.07 Å². The Labute approximate surface area is 133 Å². The molecule has 1 aliphatic heterocycles. The standard InChI is InChI=1S/C15H20FN3O4/c1-10(2)8-18-5-4-17(9-14(18)20)13-7-11(23-3)6-12(16)15(13)19(21)22/h6-7,10H,4-5,8-9H2,1-3H3. The highest BCUT2D eigenvalue weighted by atomic mass is 19.1. The van der Waals surface area contributed by atoms with E-state index in [1.807, 2.05) is 13.8 Å². The van der Waals surface area contributed by atoms with Crippen LogP contribution < -0.4 is 9.64 Å². The number of carbonyl (C=O) groups excluding carboxylic acids is 1. The van der Waals surface area contributed by atoms with E-state index in [0.29, 0.717) is 25.6 Å². The first kappa shape index (κ1) is 17.0. The van der Waals surface area contributed by atoms with Crippen LogP contribution in [0.25, 0.3) is 0 Å². The van der Waals surface area contributed by atoms with Crippen molar-refractivity contribution < 1.29 is 18.8 Å². The number of halogens is 1. The number of methoxy groups -OCH3 is 1. The highest BCUT2D eigenvalue weighted by molar-refractivity contribution is 5.84. The van der Waals surface area contributed by atoms with E-state index in [9.17, 15) is 19.3 Å². The molecule has 2 rings (SSSR count). The second-order valence-electron chi connectivity index (χ2n) is 5.89. The van der Waals surface area contributed by atoms with Crippen LogP contribution in [0, 0.1) is 21.8 Å². The number of carbonyl (C=O) groups is 1. The van der Waals surface area contributed by atoms with Gasteiger partial charge in [0.25, 0.3) is 0 Å². The molecule has 1 fully saturated rings. The summed E-state index contributed by atoms with van der Waals surface area (Å²) in [7, 11) is 1.36. The molecule has 23 heavy (non-hydrogen) atoms. The average molecular weight is 325 g/mol.